The first-order valence-corrected chi connectivity index (χ1v) is 15.1. The highest BCUT2D eigenvalue weighted by Crippen LogP contribution is 2.47. The van der Waals surface area contributed by atoms with Crippen LogP contribution in [-0.2, 0) is 6.42 Å². The first-order chi connectivity index (χ1) is 22.6. The van der Waals surface area contributed by atoms with Crippen LogP contribution in [0.1, 0.15) is 16.1 Å². The van der Waals surface area contributed by atoms with Crippen molar-refractivity contribution in [2.75, 3.05) is 42.9 Å². The first-order valence-electron chi connectivity index (χ1n) is 15.1. The number of pyridine rings is 2. The topological polar surface area (TPSA) is 105 Å². The van der Waals surface area contributed by atoms with Gasteiger partial charge in [-0.2, -0.15) is 0 Å². The van der Waals surface area contributed by atoms with Crippen LogP contribution >= 0.6 is 0 Å². The van der Waals surface area contributed by atoms with Gasteiger partial charge in [-0.05, 0) is 35.7 Å². The highest BCUT2D eigenvalue weighted by molar-refractivity contribution is 6.04. The van der Waals surface area contributed by atoms with Crippen LogP contribution in [0.25, 0.3) is 27.4 Å². The summed E-state index contributed by atoms with van der Waals surface area (Å²) in [6.45, 7) is 2.20. The van der Waals surface area contributed by atoms with Gasteiger partial charge in [-0.1, -0.05) is 36.4 Å². The number of aromatic nitrogens is 4. The van der Waals surface area contributed by atoms with E-state index in [2.05, 4.69) is 20.3 Å². The minimum atomic E-state index is -0.641. The molecular weight excluding hydrogens is 585 g/mol. The quantitative estimate of drug-likeness (QED) is 0.273. The van der Waals surface area contributed by atoms with Gasteiger partial charge in [0.2, 0.25) is 11.4 Å². The summed E-state index contributed by atoms with van der Waals surface area (Å²) in [5.41, 5.74) is 1.52. The molecule has 0 saturated carbocycles. The Morgan fingerprint density at radius 3 is 2.48 bits per heavy atom. The van der Waals surface area contributed by atoms with E-state index >= 15 is 4.39 Å². The Morgan fingerprint density at radius 2 is 1.67 bits per heavy atom. The third-order valence-corrected chi connectivity index (χ3v) is 8.55. The molecule has 0 unspecified atom stereocenters. The van der Waals surface area contributed by atoms with Gasteiger partial charge in [0.05, 0.1) is 11.1 Å². The van der Waals surface area contributed by atoms with Crippen LogP contribution in [0.4, 0.5) is 16.0 Å². The fraction of sp³-hybridized carbons (Fsp3) is 0.171. The largest absolute Gasteiger partial charge is 0.451 e. The van der Waals surface area contributed by atoms with E-state index in [9.17, 15) is 9.59 Å². The number of nitrogens with zero attached hydrogens (tertiary/aromatic N) is 6. The lowest BCUT2D eigenvalue weighted by atomic mass is 10.0. The molecule has 10 nitrogen and oxygen atoms in total. The standard InChI is InChI=1S/C35H28FN7O3/c36-27-20-25-31-33(29(27)38-15-11-23-7-3-4-12-37-23)46-28-10-9-22-6-1-2-8-24(22)30(28)43(31)21-26(32(25)44)34(45)41-16-18-42(19-17-41)35-39-13-5-14-40-35/h1-10,12-14,20-21,38H,11,15-19H2. The number of carbonyl (C=O) groups excluding carboxylic acids is 1. The van der Waals surface area contributed by atoms with Crippen molar-refractivity contribution in [3.05, 3.63) is 119 Å². The number of rotatable bonds is 6. The van der Waals surface area contributed by atoms with E-state index in [1.165, 1.54) is 6.07 Å². The van der Waals surface area contributed by atoms with Crippen molar-refractivity contribution >= 4 is 39.2 Å². The molecule has 1 fully saturated rings. The maximum atomic E-state index is 15.9. The smallest absolute Gasteiger partial charge is 0.259 e. The summed E-state index contributed by atoms with van der Waals surface area (Å²) >= 11 is 0. The van der Waals surface area contributed by atoms with E-state index in [1.807, 2.05) is 64.1 Å². The zero-order valence-electron chi connectivity index (χ0n) is 24.7. The lowest BCUT2D eigenvalue weighted by Gasteiger charge is -2.35. The van der Waals surface area contributed by atoms with Crippen molar-refractivity contribution in [3.63, 3.8) is 0 Å². The van der Waals surface area contributed by atoms with Crippen molar-refractivity contribution in [2.45, 2.75) is 6.42 Å². The van der Waals surface area contributed by atoms with Gasteiger partial charge in [0.15, 0.2) is 17.3 Å². The van der Waals surface area contributed by atoms with E-state index in [0.29, 0.717) is 62.0 Å². The molecule has 2 aliphatic heterocycles. The molecule has 8 rings (SSSR count). The molecule has 0 spiro atoms. The number of fused-ring (bicyclic) bond motifs is 4. The van der Waals surface area contributed by atoms with Gasteiger partial charge in [0, 0.05) is 75.0 Å². The number of nitrogens with one attached hydrogen (secondary N) is 1. The maximum Gasteiger partial charge on any atom is 0.259 e. The van der Waals surface area contributed by atoms with Crippen molar-refractivity contribution in [3.8, 4) is 17.2 Å². The van der Waals surface area contributed by atoms with Crippen molar-refractivity contribution in [2.24, 2.45) is 0 Å². The van der Waals surface area contributed by atoms with Crippen LogP contribution in [-0.4, -0.2) is 63.0 Å². The fourth-order valence-electron chi connectivity index (χ4n) is 6.29. The van der Waals surface area contributed by atoms with Crippen LogP contribution in [0.3, 0.4) is 0 Å². The first kappa shape index (κ1) is 27.7. The number of benzene rings is 3. The average Bonchev–Trinajstić information content (AvgIpc) is 3.11. The maximum absolute atomic E-state index is 15.9. The monoisotopic (exact) mass is 613 g/mol. The third-order valence-electron chi connectivity index (χ3n) is 8.55. The van der Waals surface area contributed by atoms with Gasteiger partial charge in [0.1, 0.15) is 16.8 Å². The number of halogens is 1. The molecule has 2 aliphatic rings. The summed E-state index contributed by atoms with van der Waals surface area (Å²) in [7, 11) is 0. The second-order valence-electron chi connectivity index (χ2n) is 11.3. The summed E-state index contributed by atoms with van der Waals surface area (Å²) in [5, 5.41) is 5.09. The Kier molecular flexibility index (Phi) is 6.78. The molecule has 3 aromatic heterocycles. The fourth-order valence-corrected chi connectivity index (χ4v) is 6.29. The van der Waals surface area contributed by atoms with E-state index in [-0.39, 0.29) is 22.4 Å². The molecule has 3 aromatic carbocycles. The number of carbonyl (C=O) groups is 1. The number of hydrogen-bond acceptors (Lipinski definition) is 8. The van der Waals surface area contributed by atoms with Gasteiger partial charge >= 0.3 is 0 Å². The molecular formula is C35H28FN7O3. The van der Waals surface area contributed by atoms with Crippen molar-refractivity contribution < 1.29 is 13.9 Å². The van der Waals surface area contributed by atoms with Crippen LogP contribution in [0, 0.1) is 5.82 Å². The lowest BCUT2D eigenvalue weighted by Crippen LogP contribution is -2.50. The molecule has 11 heteroatoms. The van der Waals surface area contributed by atoms with Gasteiger partial charge < -0.3 is 24.4 Å². The molecule has 6 aromatic rings. The van der Waals surface area contributed by atoms with E-state index in [1.54, 1.807) is 35.8 Å². The summed E-state index contributed by atoms with van der Waals surface area (Å²) in [6.07, 6.45) is 7.23. The minimum Gasteiger partial charge on any atom is -0.451 e. The number of hydrogen-bond donors (Lipinski definition) is 1. The Bertz CT molecular complexity index is 2180. The third kappa shape index (κ3) is 4.68. The predicted molar refractivity (Wildman–Crippen MR) is 174 cm³/mol. The van der Waals surface area contributed by atoms with E-state index in [0.717, 1.165) is 16.5 Å². The normalized spacial score (nSPS) is 13.8. The van der Waals surface area contributed by atoms with Gasteiger partial charge in [-0.25, -0.2) is 14.4 Å². The SMILES string of the molecule is O=C(c1cn2c3c(c(NCCc4ccccn4)c(F)cc3c1=O)Oc1ccc3ccccc3c1-2)N1CCN(c2ncccn2)CC1. The van der Waals surface area contributed by atoms with Crippen molar-refractivity contribution in [1.82, 2.24) is 24.4 Å². The Labute approximate surface area is 262 Å². The number of piperazine rings is 1. The molecule has 1 amide bonds. The van der Waals surface area contributed by atoms with E-state index in [4.69, 9.17) is 4.74 Å². The number of amides is 1. The van der Waals surface area contributed by atoms with Crippen LogP contribution in [0.5, 0.6) is 11.5 Å². The molecule has 0 radical (unpaired) electrons. The molecule has 1 N–H and O–H groups in total. The molecule has 0 bridgehead atoms. The molecule has 0 atom stereocenters. The zero-order chi connectivity index (χ0) is 31.2. The summed E-state index contributed by atoms with van der Waals surface area (Å²) in [4.78, 5) is 44.7. The molecule has 1 saturated heterocycles. The molecule has 228 valence electrons. The second kappa shape index (κ2) is 11.3. The van der Waals surface area contributed by atoms with Crippen molar-refractivity contribution in [1.29, 1.82) is 0 Å². The van der Waals surface area contributed by atoms with Crippen LogP contribution < -0.4 is 20.4 Å². The van der Waals surface area contributed by atoms with Crippen LogP contribution in [0.15, 0.2) is 96.3 Å². The van der Waals surface area contributed by atoms with Gasteiger partial charge in [-0.3, -0.25) is 14.6 Å². The predicted octanol–water partition coefficient (Wildman–Crippen LogP) is 5.19. The molecule has 0 aliphatic carbocycles. The second-order valence-corrected chi connectivity index (χ2v) is 11.3. The lowest BCUT2D eigenvalue weighted by molar-refractivity contribution is 0.0744. The zero-order valence-corrected chi connectivity index (χ0v) is 24.7. The Hall–Kier alpha value is -5.84. The number of ether oxygens (including phenoxy) is 1. The highest BCUT2D eigenvalue weighted by atomic mass is 19.1. The summed E-state index contributed by atoms with van der Waals surface area (Å²) in [6, 6.07) is 20.2. The van der Waals surface area contributed by atoms with Gasteiger partial charge in [0.25, 0.3) is 5.91 Å². The van der Waals surface area contributed by atoms with Gasteiger partial charge in [-0.15, -0.1) is 0 Å². The Balaban J connectivity index is 1.22. The summed E-state index contributed by atoms with van der Waals surface area (Å²) in [5.74, 6) is 0.242. The highest BCUT2D eigenvalue weighted by Gasteiger charge is 2.31. The minimum absolute atomic E-state index is 0.0288. The Morgan fingerprint density at radius 1 is 0.891 bits per heavy atom. The summed E-state index contributed by atoms with van der Waals surface area (Å²) < 4.78 is 24.2. The molecule has 5 heterocycles. The van der Waals surface area contributed by atoms with E-state index < -0.39 is 17.2 Å². The number of anilines is 2. The molecule has 46 heavy (non-hydrogen) atoms. The average molecular weight is 614 g/mol. The van der Waals surface area contributed by atoms with Crippen LogP contribution in [0.2, 0.25) is 0 Å².